The van der Waals surface area contributed by atoms with Crippen molar-refractivity contribution < 1.29 is 18.3 Å². The number of anilines is 1. The summed E-state index contributed by atoms with van der Waals surface area (Å²) in [7, 11) is 1.45. The molecule has 0 aliphatic carbocycles. The molecule has 7 rings (SSSR count). The third kappa shape index (κ3) is 5.00. The lowest BCUT2D eigenvalue weighted by Gasteiger charge is -2.54. The number of hydrogen-bond acceptors (Lipinski definition) is 7. The topological polar surface area (TPSA) is 84.3 Å². The molecule has 2 fully saturated rings. The molecule has 0 saturated carbocycles. The Hall–Kier alpha value is -5.43. The number of pyridine rings is 2. The standard InChI is InChI=1S/C35H28F2N6O2/c1-3-22-8-6-9-23-10-7-12-25(28(22)23)30-29(37)31-26(19-39-30)32(41-34(40-31)45-2)43-20-35(21-43)13-16-42(17-14-35)33(44)27(36)18-24-11-4-5-15-38-24/h1,4-12,15,18-19H,13-14,16-17,20-21H2,2H3/b27-18-. The van der Waals surface area contributed by atoms with E-state index >= 15 is 4.39 Å². The van der Waals surface area contributed by atoms with Crippen LogP contribution in [0.5, 0.6) is 6.01 Å². The van der Waals surface area contributed by atoms with E-state index in [-0.39, 0.29) is 22.6 Å². The van der Waals surface area contributed by atoms with Gasteiger partial charge >= 0.3 is 6.01 Å². The van der Waals surface area contributed by atoms with E-state index in [1.54, 1.807) is 41.6 Å². The van der Waals surface area contributed by atoms with Gasteiger partial charge in [-0.2, -0.15) is 9.97 Å². The van der Waals surface area contributed by atoms with Gasteiger partial charge in [0, 0.05) is 66.6 Å². The van der Waals surface area contributed by atoms with Gasteiger partial charge in [0.15, 0.2) is 11.6 Å². The smallest absolute Gasteiger partial charge is 0.318 e. The summed E-state index contributed by atoms with van der Waals surface area (Å²) in [5.74, 6) is 1.19. The van der Waals surface area contributed by atoms with Gasteiger partial charge in [-0.3, -0.25) is 14.8 Å². The summed E-state index contributed by atoms with van der Waals surface area (Å²) in [4.78, 5) is 33.9. The number of rotatable bonds is 5. The van der Waals surface area contributed by atoms with Crippen LogP contribution < -0.4 is 9.64 Å². The van der Waals surface area contributed by atoms with Gasteiger partial charge in [0.25, 0.3) is 5.91 Å². The van der Waals surface area contributed by atoms with Crippen LogP contribution in [0.2, 0.25) is 0 Å². The number of carbonyl (C=O) groups is 1. The van der Waals surface area contributed by atoms with E-state index in [0.29, 0.717) is 67.0 Å². The highest BCUT2D eigenvalue weighted by molar-refractivity contribution is 6.02. The van der Waals surface area contributed by atoms with Crippen LogP contribution in [-0.2, 0) is 4.79 Å². The predicted molar refractivity (Wildman–Crippen MR) is 169 cm³/mol. The summed E-state index contributed by atoms with van der Waals surface area (Å²) >= 11 is 0. The highest BCUT2D eigenvalue weighted by Gasteiger charge is 2.47. The van der Waals surface area contributed by atoms with Crippen molar-refractivity contribution in [3.05, 3.63) is 89.9 Å². The Morgan fingerprint density at radius 1 is 1.04 bits per heavy atom. The molecule has 2 aliphatic rings. The molecule has 10 heteroatoms. The Morgan fingerprint density at radius 3 is 2.53 bits per heavy atom. The summed E-state index contributed by atoms with van der Waals surface area (Å²) in [6, 6.07) is 16.4. The molecule has 1 amide bonds. The second kappa shape index (κ2) is 11.2. The highest BCUT2D eigenvalue weighted by atomic mass is 19.1. The van der Waals surface area contributed by atoms with E-state index < -0.39 is 17.6 Å². The Balaban J connectivity index is 1.14. The van der Waals surface area contributed by atoms with Crippen LogP contribution in [0.25, 0.3) is 39.0 Å². The van der Waals surface area contributed by atoms with Gasteiger partial charge < -0.3 is 14.5 Å². The number of benzene rings is 2. The molecule has 3 aromatic heterocycles. The molecule has 2 saturated heterocycles. The normalized spacial score (nSPS) is 16.1. The number of terminal acetylenes is 1. The van der Waals surface area contributed by atoms with Crippen LogP contribution in [0.1, 0.15) is 24.1 Å². The number of amides is 1. The number of hydrogen-bond donors (Lipinski definition) is 0. The molecule has 0 bridgehead atoms. The lowest BCUT2D eigenvalue weighted by Crippen LogP contribution is -2.61. The minimum absolute atomic E-state index is 0.0484. The molecule has 2 aliphatic heterocycles. The maximum absolute atomic E-state index is 16.3. The zero-order valence-corrected chi connectivity index (χ0v) is 24.5. The van der Waals surface area contributed by atoms with Gasteiger partial charge in [0.2, 0.25) is 0 Å². The van der Waals surface area contributed by atoms with Crippen LogP contribution in [0, 0.1) is 23.6 Å². The van der Waals surface area contributed by atoms with Crippen molar-refractivity contribution in [2.75, 3.05) is 38.2 Å². The maximum atomic E-state index is 16.3. The largest absolute Gasteiger partial charge is 0.467 e. The summed E-state index contributed by atoms with van der Waals surface area (Å²) in [6.07, 6.45) is 11.5. The van der Waals surface area contributed by atoms with Crippen LogP contribution >= 0.6 is 0 Å². The number of aromatic nitrogens is 4. The van der Waals surface area contributed by atoms with Crippen LogP contribution in [0.15, 0.2) is 72.8 Å². The molecule has 5 aromatic rings. The van der Waals surface area contributed by atoms with E-state index in [4.69, 9.17) is 11.2 Å². The SMILES string of the molecule is C#Cc1cccc2cccc(-c3ncc4c(N5CC6(CCN(C(=O)/C(F)=C/c7ccccn7)CC6)C5)nc(OC)nc4c3F)c12. The van der Waals surface area contributed by atoms with Crippen molar-refractivity contribution in [1.82, 2.24) is 24.8 Å². The van der Waals surface area contributed by atoms with Crippen molar-refractivity contribution in [3.63, 3.8) is 0 Å². The van der Waals surface area contributed by atoms with Crippen LogP contribution in [-0.4, -0.2) is 64.0 Å². The van der Waals surface area contributed by atoms with Crippen molar-refractivity contribution in [2.45, 2.75) is 12.8 Å². The molecule has 0 N–H and O–H groups in total. The Bertz CT molecular complexity index is 2020. The van der Waals surface area contributed by atoms with E-state index in [9.17, 15) is 9.18 Å². The Morgan fingerprint density at radius 2 is 1.82 bits per heavy atom. The number of methoxy groups -OCH3 is 1. The van der Waals surface area contributed by atoms with Gasteiger partial charge in [0.1, 0.15) is 17.0 Å². The van der Waals surface area contributed by atoms with E-state index in [1.807, 2.05) is 30.3 Å². The predicted octanol–water partition coefficient (Wildman–Crippen LogP) is 5.81. The number of nitrogens with zero attached hydrogens (tertiary/aromatic N) is 6. The van der Waals surface area contributed by atoms with Gasteiger partial charge in [-0.1, -0.05) is 42.3 Å². The average molecular weight is 603 g/mol. The Kier molecular flexibility index (Phi) is 7.09. The number of ether oxygens (including phenoxy) is 1. The molecule has 224 valence electrons. The molecule has 0 atom stereocenters. The van der Waals surface area contributed by atoms with Crippen molar-refractivity contribution >= 4 is 39.5 Å². The third-order valence-electron chi connectivity index (χ3n) is 8.77. The van der Waals surface area contributed by atoms with E-state index in [2.05, 4.69) is 30.8 Å². The van der Waals surface area contributed by atoms with Gasteiger partial charge in [-0.15, -0.1) is 6.42 Å². The van der Waals surface area contributed by atoms with Gasteiger partial charge in [-0.25, -0.2) is 8.78 Å². The molecule has 0 radical (unpaired) electrons. The second-order valence-corrected chi connectivity index (χ2v) is 11.5. The first kappa shape index (κ1) is 28.3. The van der Waals surface area contributed by atoms with E-state index in [0.717, 1.165) is 16.8 Å². The number of halogens is 2. The fourth-order valence-electron chi connectivity index (χ4n) is 6.42. The minimum atomic E-state index is -0.827. The monoisotopic (exact) mass is 602 g/mol. The average Bonchev–Trinajstić information content (AvgIpc) is 3.06. The van der Waals surface area contributed by atoms with Crippen molar-refractivity contribution in [2.24, 2.45) is 5.41 Å². The third-order valence-corrected chi connectivity index (χ3v) is 8.77. The molecule has 0 unspecified atom stereocenters. The highest BCUT2D eigenvalue weighted by Crippen LogP contribution is 2.45. The first-order valence-electron chi connectivity index (χ1n) is 14.6. The zero-order chi connectivity index (χ0) is 31.1. The summed E-state index contributed by atoms with van der Waals surface area (Å²) in [5.41, 5.74) is 1.80. The fraction of sp³-hybridized carbons (Fsp3) is 0.229. The van der Waals surface area contributed by atoms with Crippen molar-refractivity contribution in [1.29, 1.82) is 0 Å². The molecule has 8 nitrogen and oxygen atoms in total. The molecule has 5 heterocycles. The number of carbonyl (C=O) groups excluding carboxylic acids is 1. The van der Waals surface area contributed by atoms with Gasteiger partial charge in [-0.05, 0) is 36.4 Å². The molecular formula is C35H28F2N6O2. The molecule has 1 spiro atoms. The van der Waals surface area contributed by atoms with Crippen molar-refractivity contribution in [3.8, 4) is 29.6 Å². The summed E-state index contributed by atoms with van der Waals surface area (Å²) in [5, 5.41) is 2.10. The first-order valence-corrected chi connectivity index (χ1v) is 14.6. The fourth-order valence-corrected chi connectivity index (χ4v) is 6.42. The number of likely N-dealkylation sites (tertiary alicyclic amines) is 1. The molecule has 2 aromatic carbocycles. The molecule has 45 heavy (non-hydrogen) atoms. The van der Waals surface area contributed by atoms with Crippen LogP contribution in [0.4, 0.5) is 14.6 Å². The molecular weight excluding hydrogens is 574 g/mol. The zero-order valence-electron chi connectivity index (χ0n) is 24.5. The quantitative estimate of drug-likeness (QED) is 0.186. The van der Waals surface area contributed by atoms with Crippen LogP contribution in [0.3, 0.4) is 0 Å². The van der Waals surface area contributed by atoms with Gasteiger partial charge in [0.05, 0.1) is 18.2 Å². The minimum Gasteiger partial charge on any atom is -0.467 e. The first-order chi connectivity index (χ1) is 21.9. The summed E-state index contributed by atoms with van der Waals surface area (Å²) < 4.78 is 36.4. The maximum Gasteiger partial charge on any atom is 0.318 e. The second-order valence-electron chi connectivity index (χ2n) is 11.5. The lowest BCUT2D eigenvalue weighted by atomic mass is 9.72. The summed E-state index contributed by atoms with van der Waals surface area (Å²) in [6.45, 7) is 2.17. The number of fused-ring (bicyclic) bond motifs is 2. The van der Waals surface area contributed by atoms with E-state index in [1.165, 1.54) is 7.11 Å². The Labute approximate surface area is 258 Å². The number of piperidine rings is 1. The lowest BCUT2D eigenvalue weighted by molar-refractivity contribution is -0.131.